The number of aromatic nitrogens is 6. The molecule has 0 atom stereocenters. The summed E-state index contributed by atoms with van der Waals surface area (Å²) >= 11 is 0. The Kier molecular flexibility index (Phi) is 11.6. The van der Waals surface area contributed by atoms with Crippen molar-refractivity contribution in [2.24, 2.45) is 0 Å². The van der Waals surface area contributed by atoms with Crippen molar-refractivity contribution in [3.8, 4) is 0 Å². The lowest BCUT2D eigenvalue weighted by atomic mass is 10.1. The molecule has 0 bridgehead atoms. The fourth-order valence-corrected chi connectivity index (χ4v) is 4.87. The zero-order valence-corrected chi connectivity index (χ0v) is 26.5. The van der Waals surface area contributed by atoms with Gasteiger partial charge in [-0.25, -0.2) is 15.0 Å². The number of carbonyl (C=O) groups is 6. The van der Waals surface area contributed by atoms with Gasteiger partial charge in [-0.15, -0.1) is 0 Å². The Morgan fingerprint density at radius 3 is 1.22 bits per heavy atom. The number of carboxylic acid groups (broad SMARTS) is 1. The van der Waals surface area contributed by atoms with E-state index in [1.54, 1.807) is 0 Å². The Balaban J connectivity index is 0.000000184. The van der Waals surface area contributed by atoms with Crippen molar-refractivity contribution in [3.63, 3.8) is 0 Å². The number of hydrogen-bond donors (Lipinski definition) is 4. The molecule has 4 amide bonds. The molecule has 15 nitrogen and oxygen atoms in total. The summed E-state index contributed by atoms with van der Waals surface area (Å²) in [6.07, 6.45) is 1.51. The third-order valence-electron chi connectivity index (χ3n) is 7.22. The Morgan fingerprint density at radius 2 is 0.933 bits per heavy atom. The van der Waals surface area contributed by atoms with E-state index in [1.807, 2.05) is 41.5 Å². The molecule has 0 unspecified atom stereocenters. The first-order valence-electron chi connectivity index (χ1n) is 14.6. The van der Waals surface area contributed by atoms with Crippen LogP contribution in [0.15, 0.2) is 0 Å². The van der Waals surface area contributed by atoms with E-state index < -0.39 is 5.97 Å². The molecule has 2 fully saturated rings. The smallest absolute Gasteiger partial charge is 0.303 e. The molecule has 3 aromatic heterocycles. The number of H-pyrrole nitrogens is 3. The zero-order chi connectivity index (χ0) is 33.4. The Bertz CT molecular complexity index is 1490. The fourth-order valence-electron chi connectivity index (χ4n) is 4.87. The second-order valence-corrected chi connectivity index (χ2v) is 11.0. The summed E-state index contributed by atoms with van der Waals surface area (Å²) in [6, 6.07) is 0. The van der Waals surface area contributed by atoms with Crippen molar-refractivity contribution in [2.75, 3.05) is 0 Å². The third-order valence-corrected chi connectivity index (χ3v) is 7.22. The van der Waals surface area contributed by atoms with Crippen molar-refractivity contribution in [1.29, 1.82) is 0 Å². The van der Waals surface area contributed by atoms with Gasteiger partial charge in [0.2, 0.25) is 23.6 Å². The van der Waals surface area contributed by atoms with Gasteiger partial charge in [-0.3, -0.25) is 38.6 Å². The van der Waals surface area contributed by atoms with Crippen LogP contribution in [0.4, 0.5) is 0 Å². The van der Waals surface area contributed by atoms with Crippen LogP contribution in [0.25, 0.3) is 0 Å². The summed E-state index contributed by atoms with van der Waals surface area (Å²) in [7, 11) is 0. The Labute approximate surface area is 260 Å². The van der Waals surface area contributed by atoms with Crippen molar-refractivity contribution < 1.29 is 33.9 Å². The molecule has 0 aliphatic carbocycles. The maximum atomic E-state index is 11.4. The SMILES string of the molecule is Cc1nc(CC(=O)CCC(=O)O)c(C)[nH]1.Cc1nc(CN2C(=O)CCC2=O)c(C)[nH]1.Cc1nc(CN2C(=O)CCC2=O)c(C)[nH]1. The first-order chi connectivity index (χ1) is 21.1. The van der Waals surface area contributed by atoms with Crippen molar-refractivity contribution in [1.82, 2.24) is 39.7 Å². The highest BCUT2D eigenvalue weighted by atomic mass is 16.4. The van der Waals surface area contributed by atoms with Gasteiger partial charge in [-0.05, 0) is 41.5 Å². The molecule has 242 valence electrons. The Hall–Kier alpha value is -4.95. The molecule has 3 aromatic rings. The first kappa shape index (κ1) is 34.5. The number of nitrogens with zero attached hydrogens (tertiary/aromatic N) is 5. The summed E-state index contributed by atoms with van der Waals surface area (Å²) in [5.41, 5.74) is 4.96. The molecule has 0 saturated carbocycles. The maximum absolute atomic E-state index is 11.4. The predicted octanol–water partition coefficient (Wildman–Crippen LogP) is 2.35. The molecule has 5 heterocycles. The second-order valence-electron chi connectivity index (χ2n) is 11.0. The number of carboxylic acids is 1. The van der Waals surface area contributed by atoms with Crippen molar-refractivity contribution in [3.05, 3.63) is 51.6 Å². The highest BCUT2D eigenvalue weighted by molar-refractivity contribution is 6.02. The highest BCUT2D eigenvalue weighted by Gasteiger charge is 2.30. The molecule has 45 heavy (non-hydrogen) atoms. The highest BCUT2D eigenvalue weighted by Crippen LogP contribution is 2.17. The number of Topliss-reactive ketones (excluding diaryl/α,β-unsaturated/α-hetero) is 1. The quantitative estimate of drug-likeness (QED) is 0.255. The maximum Gasteiger partial charge on any atom is 0.303 e. The largest absolute Gasteiger partial charge is 0.481 e. The standard InChI is InChI=1S/2C10H13N3O2.C10H14N2O3/c2*1-6-8(12-7(2)11-6)5-13-9(14)3-4-10(13)15;1-6-9(12-7(2)11-6)5-8(13)3-4-10(14)15/h2*3-5H2,1-2H3,(H,11,12);3-5H2,1-2H3,(H,11,12)(H,14,15). The molecule has 0 aromatic carbocycles. The number of hydrogen-bond acceptors (Lipinski definition) is 9. The van der Waals surface area contributed by atoms with Crippen LogP contribution in [0.5, 0.6) is 0 Å². The van der Waals surface area contributed by atoms with Crippen LogP contribution in [0, 0.1) is 41.5 Å². The summed E-state index contributed by atoms with van der Waals surface area (Å²) in [4.78, 5) is 91.4. The van der Waals surface area contributed by atoms with Gasteiger partial charge in [0.15, 0.2) is 0 Å². The van der Waals surface area contributed by atoms with E-state index in [0.717, 1.165) is 45.9 Å². The number of imidazole rings is 3. The van der Waals surface area contributed by atoms with Crippen molar-refractivity contribution in [2.45, 2.75) is 99.6 Å². The number of rotatable bonds is 9. The molecule has 2 aliphatic heterocycles. The summed E-state index contributed by atoms with van der Waals surface area (Å²) in [5.74, 6) is 0.960. The van der Waals surface area contributed by atoms with Gasteiger partial charge < -0.3 is 20.1 Å². The monoisotopic (exact) mass is 624 g/mol. The number of imide groups is 2. The van der Waals surface area contributed by atoms with Crippen LogP contribution >= 0.6 is 0 Å². The molecular formula is C30H40N8O7. The van der Waals surface area contributed by atoms with Gasteiger partial charge in [-0.1, -0.05) is 0 Å². The minimum absolute atomic E-state index is 0.0701. The molecule has 2 saturated heterocycles. The van der Waals surface area contributed by atoms with E-state index in [-0.39, 0.29) is 48.7 Å². The number of aromatic amines is 3. The molecular weight excluding hydrogens is 584 g/mol. The lowest BCUT2D eigenvalue weighted by Crippen LogP contribution is -2.28. The third kappa shape index (κ3) is 9.78. The van der Waals surface area contributed by atoms with E-state index in [4.69, 9.17) is 5.11 Å². The second kappa shape index (κ2) is 15.2. The van der Waals surface area contributed by atoms with E-state index in [9.17, 15) is 28.8 Å². The summed E-state index contributed by atoms with van der Waals surface area (Å²) < 4.78 is 0. The minimum Gasteiger partial charge on any atom is -0.481 e. The van der Waals surface area contributed by atoms with Crippen LogP contribution in [0.3, 0.4) is 0 Å². The Morgan fingerprint density at radius 1 is 0.600 bits per heavy atom. The van der Waals surface area contributed by atoms with E-state index in [1.165, 1.54) is 9.80 Å². The van der Waals surface area contributed by atoms with E-state index >= 15 is 0 Å². The predicted molar refractivity (Wildman–Crippen MR) is 159 cm³/mol. The van der Waals surface area contributed by atoms with Gasteiger partial charge in [-0.2, -0.15) is 0 Å². The fraction of sp³-hybridized carbons (Fsp3) is 0.500. The molecule has 5 rings (SSSR count). The van der Waals surface area contributed by atoms with Crippen molar-refractivity contribution >= 4 is 35.4 Å². The zero-order valence-electron chi connectivity index (χ0n) is 26.5. The van der Waals surface area contributed by atoms with Gasteiger partial charge in [0, 0.05) is 49.2 Å². The number of aryl methyl sites for hydroxylation is 6. The molecule has 0 radical (unpaired) electrons. The van der Waals surface area contributed by atoms with Crippen LogP contribution < -0.4 is 0 Å². The average Bonchev–Trinajstić information content (AvgIpc) is 3.73. The number of likely N-dealkylation sites (tertiary alicyclic amines) is 2. The topological polar surface area (TPSA) is 215 Å². The minimum atomic E-state index is -0.946. The van der Waals surface area contributed by atoms with Crippen LogP contribution in [-0.2, 0) is 48.3 Å². The number of nitrogens with one attached hydrogen (secondary N) is 3. The van der Waals surface area contributed by atoms with Crippen LogP contribution in [-0.4, -0.2) is 80.2 Å². The number of aliphatic carboxylic acids is 1. The molecule has 15 heteroatoms. The normalized spacial score (nSPS) is 14.4. The van der Waals surface area contributed by atoms with Gasteiger partial charge in [0.05, 0.1) is 43.0 Å². The van der Waals surface area contributed by atoms with Crippen LogP contribution in [0.2, 0.25) is 0 Å². The molecule has 2 aliphatic rings. The van der Waals surface area contributed by atoms with Gasteiger partial charge >= 0.3 is 5.97 Å². The van der Waals surface area contributed by atoms with Gasteiger partial charge in [0.1, 0.15) is 23.3 Å². The number of carbonyl (C=O) groups excluding carboxylic acids is 5. The molecule has 4 N–H and O–H groups in total. The number of ketones is 1. The lowest BCUT2D eigenvalue weighted by Gasteiger charge is -2.11. The first-order valence-corrected chi connectivity index (χ1v) is 14.6. The lowest BCUT2D eigenvalue weighted by molar-refractivity contribution is -0.140. The summed E-state index contributed by atoms with van der Waals surface area (Å²) in [5, 5.41) is 8.41. The number of amides is 4. The summed E-state index contributed by atoms with van der Waals surface area (Å²) in [6.45, 7) is 11.7. The molecule has 0 spiro atoms. The van der Waals surface area contributed by atoms with Gasteiger partial charge in [0.25, 0.3) is 0 Å². The van der Waals surface area contributed by atoms with Crippen LogP contribution in [0.1, 0.15) is 90.2 Å². The average molecular weight is 625 g/mol. The van der Waals surface area contributed by atoms with E-state index in [0.29, 0.717) is 44.5 Å². The van der Waals surface area contributed by atoms with E-state index in [2.05, 4.69) is 29.9 Å².